The summed E-state index contributed by atoms with van der Waals surface area (Å²) in [6.07, 6.45) is -2.86. The molecule has 56 heavy (non-hydrogen) atoms. The molecule has 0 saturated carbocycles. The lowest BCUT2D eigenvalue weighted by atomic mass is 9.91. The van der Waals surface area contributed by atoms with Crippen molar-refractivity contribution in [2.75, 3.05) is 6.54 Å². The number of amides is 4. The van der Waals surface area contributed by atoms with Crippen LogP contribution in [0.3, 0.4) is 0 Å². The third-order valence-corrected chi connectivity index (χ3v) is 11.4. The van der Waals surface area contributed by atoms with Crippen molar-refractivity contribution in [1.29, 1.82) is 0 Å². The number of benzene rings is 1. The van der Waals surface area contributed by atoms with E-state index in [4.69, 9.17) is 15.2 Å². The number of nitrogens with two attached hydrogens (primary N) is 1. The van der Waals surface area contributed by atoms with Crippen molar-refractivity contribution in [1.82, 2.24) is 20.4 Å². The normalized spacial score (nSPS) is 31.2. The van der Waals surface area contributed by atoms with Crippen LogP contribution >= 0.6 is 0 Å². The Morgan fingerprint density at radius 1 is 0.857 bits per heavy atom. The molecular weight excluding hydrogens is 722 g/mol. The molecule has 2 saturated heterocycles. The van der Waals surface area contributed by atoms with Crippen LogP contribution in [-0.2, 0) is 56.0 Å². The van der Waals surface area contributed by atoms with Gasteiger partial charge in [0, 0.05) is 19.5 Å². The number of nitrogens with zero attached hydrogens (tertiary/aromatic N) is 2. The minimum atomic E-state index is -1.45. The number of nitrogens with one attached hydrogen (secondary N) is 2. The first-order valence-corrected chi connectivity index (χ1v) is 20.0. The maximum atomic E-state index is 14.6. The molecule has 0 bridgehead atoms. The first kappa shape index (κ1) is 44.3. The predicted octanol–water partition coefficient (Wildman–Crippen LogP) is 1.79. The Morgan fingerprint density at radius 2 is 1.52 bits per heavy atom. The highest BCUT2D eigenvalue weighted by atomic mass is 16.6. The maximum Gasteiger partial charge on any atom is 0.329 e. The van der Waals surface area contributed by atoms with Gasteiger partial charge >= 0.3 is 11.9 Å². The third kappa shape index (κ3) is 10.3. The summed E-state index contributed by atoms with van der Waals surface area (Å²) >= 11 is 0. The molecule has 310 valence electrons. The zero-order chi connectivity index (χ0) is 41.6. The molecular formula is C41H61N5O10. The van der Waals surface area contributed by atoms with Crippen LogP contribution in [0.4, 0.5) is 0 Å². The first-order valence-electron chi connectivity index (χ1n) is 20.0. The van der Waals surface area contributed by atoms with Gasteiger partial charge in [-0.25, -0.2) is 4.79 Å². The lowest BCUT2D eigenvalue weighted by Gasteiger charge is -2.39. The summed E-state index contributed by atoms with van der Waals surface area (Å²) in [5.74, 6) is -7.06. The molecule has 0 radical (unpaired) electrons. The Morgan fingerprint density at radius 3 is 2.14 bits per heavy atom. The summed E-state index contributed by atoms with van der Waals surface area (Å²) in [5, 5.41) is 16.7. The molecule has 5 N–H and O–H groups in total. The van der Waals surface area contributed by atoms with Crippen LogP contribution < -0.4 is 16.4 Å². The SMILES string of the molecule is CC[C@H](C)[C@H]1NC(=O)[C@@H](N)[C@H](C)OC(=O)[C@@H]2Cc3ccccc3CN2C(=O)[C@@H]2CCCN2C(=O)[C@@H](CC(C)C)NC(=O)[C@H](C)C(=O)[C@H](C(C)C)OC(=O)C[C@H]1O. The van der Waals surface area contributed by atoms with E-state index in [0.29, 0.717) is 19.3 Å². The lowest BCUT2D eigenvalue weighted by molar-refractivity contribution is -0.163. The van der Waals surface area contributed by atoms with Gasteiger partial charge in [-0.15, -0.1) is 0 Å². The Hall–Kier alpha value is -4.37. The van der Waals surface area contributed by atoms with Crippen molar-refractivity contribution in [3.8, 4) is 0 Å². The van der Waals surface area contributed by atoms with Crippen LogP contribution in [0.1, 0.15) is 98.6 Å². The Bertz CT molecular complexity index is 1630. The summed E-state index contributed by atoms with van der Waals surface area (Å²) in [5.41, 5.74) is 8.01. The van der Waals surface area contributed by atoms with E-state index < -0.39 is 108 Å². The van der Waals surface area contributed by atoms with E-state index in [2.05, 4.69) is 10.6 Å². The molecule has 3 heterocycles. The second kappa shape index (κ2) is 19.2. The fourth-order valence-electron chi connectivity index (χ4n) is 7.70. The van der Waals surface area contributed by atoms with Crippen LogP contribution in [0.2, 0.25) is 0 Å². The number of cyclic esters (lactones) is 2. The van der Waals surface area contributed by atoms with Gasteiger partial charge in [-0.1, -0.05) is 72.2 Å². The number of ether oxygens (including phenoxy) is 2. The molecule has 0 aliphatic carbocycles. The molecule has 4 amide bonds. The minimum Gasteiger partial charge on any atom is -0.459 e. The summed E-state index contributed by atoms with van der Waals surface area (Å²) in [6.45, 7) is 13.9. The van der Waals surface area contributed by atoms with Crippen molar-refractivity contribution in [3.63, 3.8) is 0 Å². The average molecular weight is 784 g/mol. The quantitative estimate of drug-likeness (QED) is 0.250. The minimum absolute atomic E-state index is 0.0582. The topological polar surface area (TPSA) is 215 Å². The largest absolute Gasteiger partial charge is 0.459 e. The Kier molecular flexibility index (Phi) is 15.2. The molecule has 15 heteroatoms. The molecule has 3 aliphatic heterocycles. The molecule has 10 atom stereocenters. The van der Waals surface area contributed by atoms with Gasteiger partial charge in [0.25, 0.3) is 0 Å². The third-order valence-electron chi connectivity index (χ3n) is 11.4. The van der Waals surface area contributed by atoms with Gasteiger partial charge in [0.05, 0.1) is 24.5 Å². The second-order valence-electron chi connectivity index (χ2n) is 16.5. The van der Waals surface area contributed by atoms with Crippen LogP contribution in [0, 0.1) is 23.7 Å². The number of Topliss-reactive ketones (excluding diaryl/α,β-unsaturated/α-hetero) is 1. The van der Waals surface area contributed by atoms with Gasteiger partial charge in [-0.05, 0) is 62.0 Å². The molecule has 1 aromatic rings. The molecule has 3 aliphatic rings. The van der Waals surface area contributed by atoms with E-state index in [9.17, 15) is 38.7 Å². The number of hydrogen-bond donors (Lipinski definition) is 4. The summed E-state index contributed by atoms with van der Waals surface area (Å²) in [6, 6.07) is 1.95. The molecule has 0 spiro atoms. The molecule has 1 aromatic carbocycles. The first-order chi connectivity index (χ1) is 26.4. The van der Waals surface area contributed by atoms with Gasteiger partial charge in [0.15, 0.2) is 11.9 Å². The van der Waals surface area contributed by atoms with Crippen molar-refractivity contribution in [2.45, 2.75) is 149 Å². The molecule has 0 aromatic heterocycles. The molecule has 0 unspecified atom stereocenters. The predicted molar refractivity (Wildman–Crippen MR) is 205 cm³/mol. The summed E-state index contributed by atoms with van der Waals surface area (Å²) in [7, 11) is 0. The van der Waals surface area contributed by atoms with E-state index in [1.807, 2.05) is 45.0 Å². The number of fused-ring (bicyclic) bond motifs is 3. The highest BCUT2D eigenvalue weighted by Crippen LogP contribution is 2.30. The van der Waals surface area contributed by atoms with Crippen LogP contribution in [-0.4, -0.2) is 111 Å². The highest BCUT2D eigenvalue weighted by molar-refractivity contribution is 6.05. The lowest BCUT2D eigenvalue weighted by Crippen LogP contribution is -2.59. The number of aliphatic hydroxyl groups is 1. The second-order valence-corrected chi connectivity index (χ2v) is 16.5. The number of esters is 2. The van der Waals surface area contributed by atoms with E-state index in [1.165, 1.54) is 23.6 Å². The van der Waals surface area contributed by atoms with E-state index in [1.54, 1.807) is 20.8 Å². The Labute approximate surface area is 329 Å². The van der Waals surface area contributed by atoms with Crippen molar-refractivity contribution < 1.29 is 48.1 Å². The highest BCUT2D eigenvalue weighted by Gasteiger charge is 2.45. The number of hydrogen-bond acceptors (Lipinski definition) is 11. The number of ketones is 1. The molecule has 2 fully saturated rings. The van der Waals surface area contributed by atoms with Gasteiger partial charge in [-0.3, -0.25) is 28.8 Å². The van der Waals surface area contributed by atoms with Gasteiger partial charge in [0.2, 0.25) is 23.6 Å². The summed E-state index contributed by atoms with van der Waals surface area (Å²) < 4.78 is 11.4. The standard InChI is InChI=1S/C41H61N5O10/c1-9-23(6)34-31(47)19-32(48)56-36(22(4)5)35(49)24(7)37(50)43-28(17-21(2)3)39(52)45-16-12-15-29(45)40(53)46-20-27-14-11-10-13-26(27)18-30(46)41(54)55-25(8)33(42)38(51)44-34/h10-11,13-14,21-25,28-31,33-34,36,47H,9,12,15-20,42H2,1-8H3,(H,43,50)(H,44,51)/t23-,24+,25-,28+,29-,30-,31+,33-,34+,36-/m0/s1. The van der Waals surface area contributed by atoms with Crippen LogP contribution in [0.25, 0.3) is 0 Å². The van der Waals surface area contributed by atoms with Crippen molar-refractivity contribution >= 4 is 41.4 Å². The summed E-state index contributed by atoms with van der Waals surface area (Å²) in [4.78, 5) is 100.0. The van der Waals surface area contributed by atoms with E-state index >= 15 is 0 Å². The van der Waals surface area contributed by atoms with E-state index in [0.717, 1.165) is 11.1 Å². The fourth-order valence-corrected chi connectivity index (χ4v) is 7.70. The number of rotatable bonds is 5. The van der Waals surface area contributed by atoms with Gasteiger partial charge < -0.3 is 40.7 Å². The zero-order valence-electron chi connectivity index (χ0n) is 34.0. The fraction of sp³-hybridized carbons (Fsp3) is 0.683. The monoisotopic (exact) mass is 783 g/mol. The molecule has 15 nitrogen and oxygen atoms in total. The van der Waals surface area contributed by atoms with Crippen LogP contribution in [0.5, 0.6) is 0 Å². The maximum absolute atomic E-state index is 14.6. The van der Waals surface area contributed by atoms with Crippen molar-refractivity contribution in [3.05, 3.63) is 35.4 Å². The van der Waals surface area contributed by atoms with Crippen LogP contribution in [0.15, 0.2) is 24.3 Å². The zero-order valence-corrected chi connectivity index (χ0v) is 34.0. The van der Waals surface area contributed by atoms with Gasteiger partial charge in [0.1, 0.15) is 30.3 Å². The van der Waals surface area contributed by atoms with Gasteiger partial charge in [-0.2, -0.15) is 0 Å². The number of aliphatic hydroxyl groups excluding tert-OH is 1. The number of carbonyl (C=O) groups excluding carboxylic acids is 7. The van der Waals surface area contributed by atoms with Crippen molar-refractivity contribution in [2.24, 2.45) is 29.4 Å². The smallest absolute Gasteiger partial charge is 0.329 e. The van der Waals surface area contributed by atoms with E-state index in [-0.39, 0.29) is 37.8 Å². The molecule has 4 rings (SSSR count). The average Bonchev–Trinajstić information content (AvgIpc) is 3.65. The number of carbonyl (C=O) groups is 7. The Balaban J connectivity index is 1.76.